The number of para-hydroxylation sites is 1. The molecule has 0 bridgehead atoms. The van der Waals surface area contributed by atoms with Crippen molar-refractivity contribution in [1.29, 1.82) is 0 Å². The molecule has 3 aromatic rings. The molecular formula is C20H18N4O3S. The van der Waals surface area contributed by atoms with Crippen molar-refractivity contribution in [1.82, 2.24) is 10.2 Å². The van der Waals surface area contributed by atoms with Crippen molar-refractivity contribution in [2.75, 3.05) is 22.5 Å². The van der Waals surface area contributed by atoms with Crippen LogP contribution in [0.5, 0.6) is 0 Å². The Morgan fingerprint density at radius 3 is 2.79 bits per heavy atom. The number of hydrogen-bond acceptors (Lipinski definition) is 6. The van der Waals surface area contributed by atoms with Crippen molar-refractivity contribution in [2.45, 2.75) is 17.9 Å². The van der Waals surface area contributed by atoms with E-state index in [4.69, 9.17) is 4.42 Å². The topological polar surface area (TPSA) is 88.3 Å². The van der Waals surface area contributed by atoms with E-state index in [1.54, 1.807) is 24.3 Å². The Morgan fingerprint density at radius 2 is 2.00 bits per heavy atom. The number of furan rings is 1. The molecule has 0 saturated carbocycles. The maximum absolute atomic E-state index is 12.7. The zero-order chi connectivity index (χ0) is 19.3. The van der Waals surface area contributed by atoms with Crippen LogP contribution in [0.3, 0.4) is 0 Å². The van der Waals surface area contributed by atoms with Crippen LogP contribution in [0.25, 0.3) is 0 Å². The smallest absolute Gasteiger partial charge is 0.292 e. The molecule has 2 aromatic heterocycles. The Labute approximate surface area is 166 Å². The third kappa shape index (κ3) is 4.07. The van der Waals surface area contributed by atoms with E-state index in [0.717, 1.165) is 25.1 Å². The molecule has 3 heterocycles. The highest BCUT2D eigenvalue weighted by atomic mass is 32.2. The Morgan fingerprint density at radius 1 is 1.11 bits per heavy atom. The van der Waals surface area contributed by atoms with Gasteiger partial charge in [-0.3, -0.25) is 9.59 Å². The molecule has 0 saturated heterocycles. The van der Waals surface area contributed by atoms with Crippen molar-refractivity contribution in [3.05, 3.63) is 66.1 Å². The summed E-state index contributed by atoms with van der Waals surface area (Å²) in [5.41, 5.74) is 2.21. The predicted octanol–water partition coefficient (Wildman–Crippen LogP) is 3.39. The van der Waals surface area contributed by atoms with E-state index in [1.165, 1.54) is 23.6 Å². The molecule has 1 aromatic carbocycles. The Bertz CT molecular complexity index is 973. The van der Waals surface area contributed by atoms with Gasteiger partial charge in [-0.1, -0.05) is 30.0 Å². The molecule has 0 unspecified atom stereocenters. The van der Waals surface area contributed by atoms with Gasteiger partial charge in [0.25, 0.3) is 5.91 Å². The van der Waals surface area contributed by atoms with Crippen molar-refractivity contribution in [3.63, 3.8) is 0 Å². The van der Waals surface area contributed by atoms with Crippen LogP contribution in [0, 0.1) is 0 Å². The number of amides is 2. The average molecular weight is 394 g/mol. The number of carbonyl (C=O) groups excluding carboxylic acids is 2. The monoisotopic (exact) mass is 394 g/mol. The highest BCUT2D eigenvalue weighted by molar-refractivity contribution is 7.99. The molecule has 0 spiro atoms. The lowest BCUT2D eigenvalue weighted by Crippen LogP contribution is -2.36. The summed E-state index contributed by atoms with van der Waals surface area (Å²) in [5.74, 6) is 0.462. The largest absolute Gasteiger partial charge is 0.459 e. The van der Waals surface area contributed by atoms with Crippen LogP contribution in [0.2, 0.25) is 0 Å². The first-order valence-corrected chi connectivity index (χ1v) is 9.89. The number of thioether (sulfide) groups is 1. The lowest BCUT2D eigenvalue weighted by molar-refractivity contribution is -0.116. The summed E-state index contributed by atoms with van der Waals surface area (Å²) in [6, 6.07) is 14.6. The summed E-state index contributed by atoms with van der Waals surface area (Å²) >= 11 is 1.33. The maximum atomic E-state index is 12.7. The second-order valence-corrected chi connectivity index (χ2v) is 7.25. The predicted molar refractivity (Wildman–Crippen MR) is 107 cm³/mol. The lowest BCUT2D eigenvalue weighted by atomic mass is 10.0. The maximum Gasteiger partial charge on any atom is 0.292 e. The first kappa shape index (κ1) is 18.2. The molecular weight excluding hydrogens is 376 g/mol. The number of aromatic nitrogens is 2. The molecule has 1 aliphatic heterocycles. The summed E-state index contributed by atoms with van der Waals surface area (Å²) in [7, 11) is 0. The zero-order valence-electron chi connectivity index (χ0n) is 15.0. The summed E-state index contributed by atoms with van der Waals surface area (Å²) in [4.78, 5) is 26.4. The van der Waals surface area contributed by atoms with Crippen LogP contribution >= 0.6 is 11.8 Å². The van der Waals surface area contributed by atoms with Gasteiger partial charge in [-0.15, -0.1) is 10.2 Å². The molecule has 0 aliphatic carbocycles. The summed E-state index contributed by atoms with van der Waals surface area (Å²) in [6.45, 7) is 0.736. The Kier molecular flexibility index (Phi) is 5.38. The van der Waals surface area contributed by atoms with Crippen LogP contribution in [0.15, 0.2) is 64.2 Å². The molecule has 142 valence electrons. The van der Waals surface area contributed by atoms with Gasteiger partial charge in [0.15, 0.2) is 11.6 Å². The summed E-state index contributed by atoms with van der Waals surface area (Å²) < 4.78 is 5.03. The number of anilines is 2. The minimum absolute atomic E-state index is 0.0501. The molecule has 28 heavy (non-hydrogen) atoms. The van der Waals surface area contributed by atoms with Crippen molar-refractivity contribution in [2.24, 2.45) is 0 Å². The minimum atomic E-state index is -0.390. The lowest BCUT2D eigenvalue weighted by Gasteiger charge is -2.29. The van der Waals surface area contributed by atoms with Crippen LogP contribution < -0.4 is 10.2 Å². The van der Waals surface area contributed by atoms with Gasteiger partial charge in [-0.05, 0) is 48.7 Å². The molecule has 0 atom stereocenters. The molecule has 4 rings (SSSR count). The number of nitrogens with zero attached hydrogens (tertiary/aromatic N) is 3. The van der Waals surface area contributed by atoms with E-state index in [1.807, 2.05) is 23.1 Å². The fourth-order valence-corrected chi connectivity index (χ4v) is 3.75. The van der Waals surface area contributed by atoms with Gasteiger partial charge < -0.3 is 14.6 Å². The van der Waals surface area contributed by atoms with E-state index in [2.05, 4.69) is 21.6 Å². The number of aryl methyl sites for hydroxylation is 1. The van der Waals surface area contributed by atoms with Gasteiger partial charge in [0.05, 0.1) is 12.0 Å². The fraction of sp³-hybridized carbons (Fsp3) is 0.200. The highest BCUT2D eigenvalue weighted by Gasteiger charge is 2.22. The van der Waals surface area contributed by atoms with Gasteiger partial charge >= 0.3 is 0 Å². The van der Waals surface area contributed by atoms with E-state index in [-0.39, 0.29) is 17.4 Å². The number of nitrogens with one attached hydrogen (secondary N) is 1. The highest BCUT2D eigenvalue weighted by Crippen LogP contribution is 2.28. The Hall–Kier alpha value is -3.13. The summed E-state index contributed by atoms with van der Waals surface area (Å²) in [6.07, 6.45) is 3.40. The van der Waals surface area contributed by atoms with Gasteiger partial charge in [-0.25, -0.2) is 0 Å². The van der Waals surface area contributed by atoms with E-state index >= 15 is 0 Å². The minimum Gasteiger partial charge on any atom is -0.459 e. The van der Waals surface area contributed by atoms with Crippen LogP contribution in [0.4, 0.5) is 11.5 Å². The second-order valence-electron chi connectivity index (χ2n) is 6.25. The van der Waals surface area contributed by atoms with Crippen molar-refractivity contribution >= 4 is 35.1 Å². The van der Waals surface area contributed by atoms with E-state index in [9.17, 15) is 9.59 Å². The molecule has 7 nitrogen and oxygen atoms in total. The van der Waals surface area contributed by atoms with Crippen molar-refractivity contribution < 1.29 is 14.0 Å². The second kappa shape index (κ2) is 8.26. The first-order chi connectivity index (χ1) is 13.7. The zero-order valence-corrected chi connectivity index (χ0v) is 15.8. The number of rotatable bonds is 5. The van der Waals surface area contributed by atoms with Gasteiger partial charge in [0.1, 0.15) is 5.03 Å². The normalized spacial score (nSPS) is 13.1. The van der Waals surface area contributed by atoms with Crippen LogP contribution in [0.1, 0.15) is 22.5 Å². The quantitative estimate of drug-likeness (QED) is 0.668. The van der Waals surface area contributed by atoms with Crippen LogP contribution in [-0.4, -0.2) is 34.3 Å². The fourth-order valence-electron chi connectivity index (χ4n) is 3.06. The number of fused-ring (bicyclic) bond motifs is 1. The van der Waals surface area contributed by atoms with Gasteiger partial charge in [0.2, 0.25) is 5.91 Å². The third-order valence-corrected chi connectivity index (χ3v) is 5.29. The first-order valence-electron chi connectivity index (χ1n) is 8.90. The van der Waals surface area contributed by atoms with E-state index < -0.39 is 5.91 Å². The molecule has 0 radical (unpaired) electrons. The molecule has 2 amide bonds. The third-order valence-electron chi connectivity index (χ3n) is 4.38. The molecule has 1 N–H and O–H groups in total. The molecule has 8 heteroatoms. The summed E-state index contributed by atoms with van der Waals surface area (Å²) in [5, 5.41) is 11.3. The number of hydrogen-bond donors (Lipinski definition) is 1. The number of carbonyl (C=O) groups is 2. The average Bonchev–Trinajstić information content (AvgIpc) is 3.28. The van der Waals surface area contributed by atoms with Gasteiger partial charge in [-0.2, -0.15) is 0 Å². The SMILES string of the molecule is O=C(Nc1ccc(SCC(=O)N2CCCc3ccccc32)nn1)c1ccco1. The van der Waals surface area contributed by atoms with Crippen LogP contribution in [-0.2, 0) is 11.2 Å². The standard InChI is InChI=1S/C20H18N4O3S/c25-19(24-11-3-6-14-5-1-2-7-15(14)24)13-28-18-10-9-17(22-23-18)21-20(26)16-8-4-12-27-16/h1-2,4-5,7-10,12H,3,6,11,13H2,(H,21,22,26). The molecule has 1 aliphatic rings. The van der Waals surface area contributed by atoms with Gasteiger partial charge in [0, 0.05) is 12.2 Å². The number of benzene rings is 1. The van der Waals surface area contributed by atoms with E-state index in [0.29, 0.717) is 10.8 Å². The Balaban J connectivity index is 1.34. The van der Waals surface area contributed by atoms with Crippen molar-refractivity contribution in [3.8, 4) is 0 Å². The molecule has 0 fully saturated rings.